The quantitative estimate of drug-likeness (QED) is 0.798. The number of nitrogens with zero attached hydrogens (tertiary/aromatic N) is 4. The van der Waals surface area contributed by atoms with Crippen LogP contribution in [0.2, 0.25) is 0 Å². The molecule has 0 amide bonds. The molecule has 2 aromatic rings. The van der Waals surface area contributed by atoms with Crippen molar-refractivity contribution in [3.63, 3.8) is 0 Å². The molecule has 0 aliphatic carbocycles. The maximum absolute atomic E-state index is 12.9. The van der Waals surface area contributed by atoms with Crippen LogP contribution in [0.5, 0.6) is 11.5 Å². The van der Waals surface area contributed by atoms with Gasteiger partial charge in [0.15, 0.2) is 11.5 Å². The molecule has 0 atom stereocenters. The van der Waals surface area contributed by atoms with Gasteiger partial charge in [0, 0.05) is 38.4 Å². The van der Waals surface area contributed by atoms with E-state index in [0.717, 1.165) is 5.82 Å². The fourth-order valence-electron chi connectivity index (χ4n) is 2.98. The molecule has 0 bridgehead atoms. The summed E-state index contributed by atoms with van der Waals surface area (Å²) in [4.78, 5) is 6.47. The summed E-state index contributed by atoms with van der Waals surface area (Å²) in [5.74, 6) is 1.75. The second-order valence-corrected chi connectivity index (χ2v) is 7.86. The van der Waals surface area contributed by atoms with E-state index in [1.807, 2.05) is 11.0 Å². The van der Waals surface area contributed by atoms with Gasteiger partial charge in [-0.3, -0.25) is 0 Å². The smallest absolute Gasteiger partial charge is 0.243 e. The van der Waals surface area contributed by atoms with Crippen LogP contribution in [0.1, 0.15) is 5.56 Å². The van der Waals surface area contributed by atoms with Crippen molar-refractivity contribution in [2.75, 3.05) is 37.9 Å². The van der Waals surface area contributed by atoms with Crippen LogP contribution in [0.15, 0.2) is 41.4 Å². The minimum absolute atomic E-state index is 0.106. The Balaban J connectivity index is 1.47. The number of aromatic nitrogens is 1. The van der Waals surface area contributed by atoms with Gasteiger partial charge in [0.2, 0.25) is 16.8 Å². The first-order valence-electron chi connectivity index (χ1n) is 8.09. The molecular formula is C17H16N4O4S. The van der Waals surface area contributed by atoms with Crippen LogP contribution in [-0.2, 0) is 10.0 Å². The fourth-order valence-corrected chi connectivity index (χ4v) is 4.42. The van der Waals surface area contributed by atoms with Crippen molar-refractivity contribution in [2.45, 2.75) is 4.90 Å². The summed E-state index contributed by atoms with van der Waals surface area (Å²) in [6.45, 7) is 1.89. The molecule has 2 aliphatic rings. The van der Waals surface area contributed by atoms with Crippen molar-refractivity contribution in [1.82, 2.24) is 9.29 Å². The van der Waals surface area contributed by atoms with Gasteiger partial charge in [-0.25, -0.2) is 13.4 Å². The van der Waals surface area contributed by atoms with E-state index in [2.05, 4.69) is 4.98 Å². The van der Waals surface area contributed by atoms with Crippen LogP contribution in [0, 0.1) is 11.3 Å². The summed E-state index contributed by atoms with van der Waals surface area (Å²) in [6.07, 6.45) is 1.52. The van der Waals surface area contributed by atoms with E-state index in [0.29, 0.717) is 43.2 Å². The van der Waals surface area contributed by atoms with Gasteiger partial charge in [-0.05, 0) is 24.3 Å². The van der Waals surface area contributed by atoms with Gasteiger partial charge in [0.25, 0.3) is 0 Å². The number of ether oxygens (including phenoxy) is 2. The Morgan fingerprint density at radius 2 is 1.81 bits per heavy atom. The number of sulfonamides is 1. The molecular weight excluding hydrogens is 356 g/mol. The highest BCUT2D eigenvalue weighted by Gasteiger charge is 2.30. The van der Waals surface area contributed by atoms with Crippen molar-refractivity contribution in [1.29, 1.82) is 5.26 Å². The number of hydrogen-bond donors (Lipinski definition) is 0. The standard InChI is InChI=1S/C17H16N4O4S/c18-10-13-1-4-17(19-11-13)20-5-7-21(8-6-20)26(22,23)14-2-3-15-16(9-14)25-12-24-15/h1-4,9,11H,5-8,12H2. The fraction of sp³-hybridized carbons (Fsp3) is 0.294. The SMILES string of the molecule is N#Cc1ccc(N2CCN(S(=O)(=O)c3ccc4c(c3)OCO4)CC2)nc1. The maximum atomic E-state index is 12.9. The molecule has 4 rings (SSSR count). The van der Waals surface area contributed by atoms with Gasteiger partial charge in [-0.2, -0.15) is 9.57 Å². The first kappa shape index (κ1) is 16.6. The van der Waals surface area contributed by atoms with E-state index in [1.165, 1.54) is 22.6 Å². The van der Waals surface area contributed by atoms with Crippen LogP contribution in [0.25, 0.3) is 0 Å². The molecule has 1 saturated heterocycles. The summed E-state index contributed by atoms with van der Waals surface area (Å²) in [5, 5.41) is 8.84. The first-order chi connectivity index (χ1) is 12.6. The number of anilines is 1. The number of pyridine rings is 1. The van der Waals surface area contributed by atoms with E-state index in [9.17, 15) is 8.42 Å². The molecule has 0 radical (unpaired) electrons. The summed E-state index contributed by atoms with van der Waals surface area (Å²) < 4.78 is 37.7. The Kier molecular flexibility index (Phi) is 4.14. The second kappa shape index (κ2) is 6.48. The predicted molar refractivity (Wildman–Crippen MR) is 92.5 cm³/mol. The molecule has 0 N–H and O–H groups in total. The van der Waals surface area contributed by atoms with Crippen LogP contribution >= 0.6 is 0 Å². The molecule has 0 spiro atoms. The van der Waals surface area contributed by atoms with Gasteiger partial charge >= 0.3 is 0 Å². The van der Waals surface area contributed by atoms with Crippen LogP contribution < -0.4 is 14.4 Å². The van der Waals surface area contributed by atoms with E-state index in [4.69, 9.17) is 14.7 Å². The summed E-state index contributed by atoms with van der Waals surface area (Å²) in [6, 6.07) is 10.2. The molecule has 134 valence electrons. The average Bonchev–Trinajstić information content (AvgIpc) is 3.16. The van der Waals surface area contributed by atoms with E-state index >= 15 is 0 Å². The van der Waals surface area contributed by atoms with Gasteiger partial charge in [0.05, 0.1) is 10.5 Å². The number of piperazine rings is 1. The lowest BCUT2D eigenvalue weighted by Gasteiger charge is -2.34. The summed E-state index contributed by atoms with van der Waals surface area (Å²) >= 11 is 0. The molecule has 26 heavy (non-hydrogen) atoms. The number of nitriles is 1. The van der Waals surface area contributed by atoms with Gasteiger partial charge in [-0.1, -0.05) is 0 Å². The highest BCUT2D eigenvalue weighted by atomic mass is 32.2. The second-order valence-electron chi connectivity index (χ2n) is 5.92. The molecule has 1 aromatic carbocycles. The molecule has 1 aromatic heterocycles. The monoisotopic (exact) mass is 372 g/mol. The minimum atomic E-state index is -3.59. The van der Waals surface area contributed by atoms with Crippen molar-refractivity contribution in [3.05, 3.63) is 42.1 Å². The predicted octanol–water partition coefficient (Wildman–Crippen LogP) is 1.19. The lowest BCUT2D eigenvalue weighted by molar-refractivity contribution is 0.174. The Morgan fingerprint density at radius 1 is 1.04 bits per heavy atom. The Hall–Kier alpha value is -2.83. The normalized spacial score (nSPS) is 17.1. The van der Waals surface area contributed by atoms with Gasteiger partial charge < -0.3 is 14.4 Å². The van der Waals surface area contributed by atoms with Gasteiger partial charge in [-0.15, -0.1) is 0 Å². The summed E-state index contributed by atoms with van der Waals surface area (Å²) in [5.41, 5.74) is 0.498. The number of rotatable bonds is 3. The lowest BCUT2D eigenvalue weighted by atomic mass is 10.3. The molecule has 0 unspecified atom stereocenters. The number of fused-ring (bicyclic) bond motifs is 1. The zero-order chi connectivity index (χ0) is 18.1. The molecule has 1 fully saturated rings. The Labute approximate surface area is 151 Å². The molecule has 8 nitrogen and oxygen atoms in total. The van der Waals surface area contributed by atoms with Crippen LogP contribution in [0.3, 0.4) is 0 Å². The minimum Gasteiger partial charge on any atom is -0.454 e. The van der Waals surface area contributed by atoms with E-state index in [-0.39, 0.29) is 11.7 Å². The third-order valence-electron chi connectivity index (χ3n) is 4.42. The average molecular weight is 372 g/mol. The first-order valence-corrected chi connectivity index (χ1v) is 9.53. The molecule has 9 heteroatoms. The van der Waals surface area contributed by atoms with Gasteiger partial charge in [0.1, 0.15) is 11.9 Å². The van der Waals surface area contributed by atoms with E-state index in [1.54, 1.807) is 18.2 Å². The molecule has 0 saturated carbocycles. The largest absolute Gasteiger partial charge is 0.454 e. The molecule has 2 aliphatic heterocycles. The van der Waals surface area contributed by atoms with Crippen molar-refractivity contribution >= 4 is 15.8 Å². The van der Waals surface area contributed by atoms with Crippen LogP contribution in [0.4, 0.5) is 5.82 Å². The number of benzene rings is 1. The van der Waals surface area contributed by atoms with E-state index < -0.39 is 10.0 Å². The zero-order valence-corrected chi connectivity index (χ0v) is 14.6. The van der Waals surface area contributed by atoms with Crippen molar-refractivity contribution in [2.24, 2.45) is 0 Å². The third-order valence-corrected chi connectivity index (χ3v) is 6.32. The maximum Gasteiger partial charge on any atom is 0.243 e. The highest BCUT2D eigenvalue weighted by Crippen LogP contribution is 2.34. The lowest BCUT2D eigenvalue weighted by Crippen LogP contribution is -2.48. The third kappa shape index (κ3) is 2.94. The van der Waals surface area contributed by atoms with Crippen molar-refractivity contribution < 1.29 is 17.9 Å². The Morgan fingerprint density at radius 3 is 2.50 bits per heavy atom. The Bertz CT molecular complexity index is 961. The van der Waals surface area contributed by atoms with Crippen LogP contribution in [-0.4, -0.2) is 50.7 Å². The highest BCUT2D eigenvalue weighted by molar-refractivity contribution is 7.89. The molecule has 3 heterocycles. The topological polar surface area (TPSA) is 95.8 Å². The zero-order valence-electron chi connectivity index (χ0n) is 13.8. The summed E-state index contributed by atoms with van der Waals surface area (Å²) in [7, 11) is -3.59. The van der Waals surface area contributed by atoms with Crippen molar-refractivity contribution in [3.8, 4) is 17.6 Å². The number of hydrogen-bond acceptors (Lipinski definition) is 7.